The average Bonchev–Trinajstić information content (AvgIpc) is 2.96. The van der Waals surface area contributed by atoms with Crippen LogP contribution in [-0.2, 0) is 11.2 Å². The van der Waals surface area contributed by atoms with Crippen LogP contribution in [0.25, 0.3) is 0 Å². The van der Waals surface area contributed by atoms with Crippen LogP contribution in [0.5, 0.6) is 0 Å². The van der Waals surface area contributed by atoms with E-state index in [4.69, 9.17) is 0 Å². The highest BCUT2D eigenvalue weighted by Crippen LogP contribution is 2.19. The smallest absolute Gasteiger partial charge is 0.227 e. The van der Waals surface area contributed by atoms with Gasteiger partial charge < -0.3 is 9.80 Å². The number of hydrogen-bond acceptors (Lipinski definition) is 5. The van der Waals surface area contributed by atoms with Crippen molar-refractivity contribution in [1.29, 1.82) is 0 Å². The maximum atomic E-state index is 12.4. The Kier molecular flexibility index (Phi) is 4.38. The number of nitrogens with zero attached hydrogens (tertiary/aromatic N) is 4. The van der Waals surface area contributed by atoms with E-state index in [1.807, 2.05) is 30.0 Å². The number of piperazine rings is 1. The van der Waals surface area contributed by atoms with Crippen LogP contribution in [0.3, 0.4) is 0 Å². The maximum absolute atomic E-state index is 12.4. The van der Waals surface area contributed by atoms with E-state index in [2.05, 4.69) is 27.2 Å². The third-order valence-electron chi connectivity index (χ3n) is 4.02. The molecular weight excluding hydrogens is 296 g/mol. The number of aryl methyl sites for hydroxylation is 2. The molecule has 5 nitrogen and oxygen atoms in total. The molecule has 1 aromatic heterocycles. The fourth-order valence-electron chi connectivity index (χ4n) is 2.64. The monoisotopic (exact) mass is 316 g/mol. The molecule has 0 radical (unpaired) electrons. The van der Waals surface area contributed by atoms with Crippen LogP contribution in [0.15, 0.2) is 24.3 Å². The number of amides is 1. The lowest BCUT2D eigenvalue weighted by atomic mass is 10.1. The minimum absolute atomic E-state index is 0.211. The van der Waals surface area contributed by atoms with Crippen LogP contribution in [0.1, 0.15) is 17.0 Å². The van der Waals surface area contributed by atoms with E-state index in [9.17, 15) is 4.79 Å². The molecule has 0 unspecified atom stereocenters. The number of benzene rings is 1. The molecule has 2 heterocycles. The zero-order valence-corrected chi connectivity index (χ0v) is 13.8. The number of hydrogen-bond donors (Lipinski definition) is 0. The molecule has 22 heavy (non-hydrogen) atoms. The van der Waals surface area contributed by atoms with Crippen molar-refractivity contribution in [2.75, 3.05) is 31.1 Å². The van der Waals surface area contributed by atoms with Gasteiger partial charge in [-0.3, -0.25) is 4.79 Å². The van der Waals surface area contributed by atoms with E-state index >= 15 is 0 Å². The van der Waals surface area contributed by atoms with Gasteiger partial charge in [0.15, 0.2) is 0 Å². The molecule has 3 rings (SSSR count). The molecule has 6 heteroatoms. The van der Waals surface area contributed by atoms with Gasteiger partial charge in [0.1, 0.15) is 5.82 Å². The highest BCUT2D eigenvalue weighted by atomic mass is 32.1. The first-order valence-electron chi connectivity index (χ1n) is 7.51. The second-order valence-corrected chi connectivity index (χ2v) is 6.33. The van der Waals surface area contributed by atoms with Gasteiger partial charge in [-0.15, -0.1) is 0 Å². The minimum atomic E-state index is 0.211. The lowest BCUT2D eigenvalue weighted by Gasteiger charge is -2.34. The number of anilines is 1. The second-order valence-electron chi connectivity index (χ2n) is 5.60. The molecule has 0 N–H and O–H groups in total. The molecule has 0 aliphatic carbocycles. The molecule has 1 aliphatic rings. The summed E-state index contributed by atoms with van der Waals surface area (Å²) in [6.07, 6.45) is 0.491. The van der Waals surface area contributed by atoms with Crippen molar-refractivity contribution in [3.8, 4) is 0 Å². The first-order chi connectivity index (χ1) is 10.6. The quantitative estimate of drug-likeness (QED) is 0.869. The largest absolute Gasteiger partial charge is 0.343 e. The Balaban J connectivity index is 1.57. The molecule has 1 fully saturated rings. The average molecular weight is 316 g/mol. The number of carbonyl (C=O) groups is 1. The molecule has 116 valence electrons. The minimum Gasteiger partial charge on any atom is -0.343 e. The van der Waals surface area contributed by atoms with E-state index in [-0.39, 0.29) is 5.91 Å². The fraction of sp³-hybridized carbons (Fsp3) is 0.438. The van der Waals surface area contributed by atoms with Crippen molar-refractivity contribution in [3.05, 3.63) is 41.2 Å². The molecule has 0 bridgehead atoms. The van der Waals surface area contributed by atoms with Crippen molar-refractivity contribution in [2.45, 2.75) is 20.3 Å². The van der Waals surface area contributed by atoms with E-state index in [0.717, 1.165) is 42.7 Å². The molecule has 0 atom stereocenters. The molecule has 1 saturated heterocycles. The van der Waals surface area contributed by atoms with Crippen molar-refractivity contribution < 1.29 is 4.79 Å². The third-order valence-corrected chi connectivity index (χ3v) is 4.89. The third kappa shape index (κ3) is 3.27. The summed E-state index contributed by atoms with van der Waals surface area (Å²) in [5.74, 6) is 1.03. The molecule has 0 spiro atoms. The van der Waals surface area contributed by atoms with Crippen LogP contribution in [0, 0.1) is 13.8 Å². The van der Waals surface area contributed by atoms with Crippen LogP contribution >= 0.6 is 11.5 Å². The Bertz CT molecular complexity index is 662. The van der Waals surface area contributed by atoms with Crippen molar-refractivity contribution in [3.63, 3.8) is 0 Å². The Hall–Kier alpha value is -1.95. The van der Waals surface area contributed by atoms with Gasteiger partial charge in [0.2, 0.25) is 11.0 Å². The van der Waals surface area contributed by atoms with Gasteiger partial charge in [-0.05, 0) is 25.0 Å². The van der Waals surface area contributed by atoms with Crippen molar-refractivity contribution in [1.82, 2.24) is 14.3 Å². The van der Waals surface area contributed by atoms with Gasteiger partial charge in [0.05, 0.1) is 6.42 Å². The Labute approximate surface area is 134 Å². The lowest BCUT2D eigenvalue weighted by Crippen LogP contribution is -2.49. The number of carbonyl (C=O) groups excluding carboxylic acids is 1. The van der Waals surface area contributed by atoms with Crippen molar-refractivity contribution in [2.24, 2.45) is 0 Å². The predicted molar refractivity (Wildman–Crippen MR) is 88.3 cm³/mol. The molecule has 1 aromatic carbocycles. The zero-order chi connectivity index (χ0) is 15.5. The van der Waals surface area contributed by atoms with Gasteiger partial charge in [0.25, 0.3) is 0 Å². The standard InChI is InChI=1S/C16H20N4OS/c1-12-5-3-4-6-14(12)11-15(21)19-7-9-20(10-8-19)16-17-13(2)18-22-16/h3-6H,7-11H2,1-2H3. The summed E-state index contributed by atoms with van der Waals surface area (Å²) in [6, 6.07) is 8.09. The predicted octanol–water partition coefficient (Wildman–Crippen LogP) is 2.05. The Morgan fingerprint density at radius 1 is 1.18 bits per heavy atom. The molecule has 0 saturated carbocycles. The lowest BCUT2D eigenvalue weighted by molar-refractivity contribution is -0.130. The normalized spacial score (nSPS) is 15.2. The van der Waals surface area contributed by atoms with Gasteiger partial charge in [0, 0.05) is 37.7 Å². The van der Waals surface area contributed by atoms with E-state index in [1.54, 1.807) is 0 Å². The summed E-state index contributed by atoms with van der Waals surface area (Å²) >= 11 is 1.43. The Morgan fingerprint density at radius 2 is 1.91 bits per heavy atom. The molecule has 1 amide bonds. The van der Waals surface area contributed by atoms with Gasteiger partial charge in [-0.25, -0.2) is 4.98 Å². The van der Waals surface area contributed by atoms with Crippen LogP contribution in [0.4, 0.5) is 5.13 Å². The van der Waals surface area contributed by atoms with Crippen LogP contribution in [0.2, 0.25) is 0 Å². The molecular formula is C16H20N4OS. The molecule has 2 aromatic rings. The summed E-state index contributed by atoms with van der Waals surface area (Å²) in [5, 5.41) is 0.962. The summed E-state index contributed by atoms with van der Waals surface area (Å²) in [6.45, 7) is 7.12. The number of rotatable bonds is 3. The highest BCUT2D eigenvalue weighted by molar-refractivity contribution is 7.09. The Morgan fingerprint density at radius 3 is 2.55 bits per heavy atom. The molecule has 1 aliphatic heterocycles. The van der Waals surface area contributed by atoms with Gasteiger partial charge >= 0.3 is 0 Å². The van der Waals surface area contributed by atoms with Crippen molar-refractivity contribution >= 4 is 22.6 Å². The topological polar surface area (TPSA) is 49.3 Å². The first kappa shape index (κ1) is 15.0. The SMILES string of the molecule is Cc1nsc(N2CCN(C(=O)Cc3ccccc3C)CC2)n1. The van der Waals surface area contributed by atoms with Crippen LogP contribution < -0.4 is 4.90 Å². The first-order valence-corrected chi connectivity index (χ1v) is 8.28. The summed E-state index contributed by atoms with van der Waals surface area (Å²) in [7, 11) is 0. The van der Waals surface area contributed by atoms with Crippen LogP contribution in [-0.4, -0.2) is 46.3 Å². The summed E-state index contributed by atoms with van der Waals surface area (Å²) in [5.41, 5.74) is 2.30. The van der Waals surface area contributed by atoms with Gasteiger partial charge in [-0.1, -0.05) is 24.3 Å². The van der Waals surface area contributed by atoms with Gasteiger partial charge in [-0.2, -0.15) is 4.37 Å². The fourth-order valence-corrected chi connectivity index (χ4v) is 3.37. The second kappa shape index (κ2) is 6.44. The summed E-state index contributed by atoms with van der Waals surface area (Å²) in [4.78, 5) is 21.0. The van der Waals surface area contributed by atoms with E-state index < -0.39 is 0 Å². The maximum Gasteiger partial charge on any atom is 0.227 e. The zero-order valence-electron chi connectivity index (χ0n) is 13.0. The van der Waals surface area contributed by atoms with E-state index in [0.29, 0.717) is 6.42 Å². The highest BCUT2D eigenvalue weighted by Gasteiger charge is 2.23. The summed E-state index contributed by atoms with van der Waals surface area (Å²) < 4.78 is 4.22. The number of aromatic nitrogens is 2. The van der Waals surface area contributed by atoms with E-state index in [1.165, 1.54) is 17.1 Å².